The van der Waals surface area contributed by atoms with Gasteiger partial charge in [-0.15, -0.1) is 0 Å². The highest BCUT2D eigenvalue weighted by Gasteiger charge is 2.29. The van der Waals surface area contributed by atoms with Gasteiger partial charge >= 0.3 is 12.1 Å². The van der Waals surface area contributed by atoms with Crippen LogP contribution in [0.2, 0.25) is 0 Å². The zero-order chi connectivity index (χ0) is 22.5. The number of hydrogen-bond acceptors (Lipinski definition) is 4. The molecule has 2 N–H and O–H groups in total. The van der Waals surface area contributed by atoms with Gasteiger partial charge in [0.15, 0.2) is 0 Å². The van der Waals surface area contributed by atoms with Crippen LogP contribution in [0.5, 0.6) is 5.75 Å². The quantitative estimate of drug-likeness (QED) is 0.516. The number of hydrogen-bond donors (Lipinski definition) is 2. The molecule has 1 amide bonds. The maximum atomic E-state index is 12.6. The molecule has 6 heteroatoms. The Bertz CT molecular complexity index is 1060. The maximum Gasteiger partial charge on any atom is 0.407 e. The SMILES string of the molecule is CCOc1ccc([C@H](CC(=O)O)NC(=O)OCC2c3ccccc3-c3ccccc32)cc1. The Balaban J connectivity index is 1.45. The molecule has 0 bridgehead atoms. The summed E-state index contributed by atoms with van der Waals surface area (Å²) < 4.78 is 11.0. The molecular weight excluding hydrogens is 406 g/mol. The third-order valence-corrected chi connectivity index (χ3v) is 5.61. The minimum atomic E-state index is -1.01. The maximum absolute atomic E-state index is 12.6. The molecule has 3 aromatic rings. The molecule has 0 saturated carbocycles. The van der Waals surface area contributed by atoms with Crippen LogP contribution in [-0.4, -0.2) is 30.4 Å². The van der Waals surface area contributed by atoms with Crippen molar-refractivity contribution < 1.29 is 24.2 Å². The number of aliphatic carboxylic acids is 1. The zero-order valence-electron chi connectivity index (χ0n) is 17.8. The fourth-order valence-electron chi connectivity index (χ4n) is 4.17. The van der Waals surface area contributed by atoms with Gasteiger partial charge in [0.1, 0.15) is 12.4 Å². The van der Waals surface area contributed by atoms with Crippen molar-refractivity contribution in [3.05, 3.63) is 89.5 Å². The molecule has 0 radical (unpaired) electrons. The molecule has 0 heterocycles. The van der Waals surface area contributed by atoms with Crippen molar-refractivity contribution in [1.29, 1.82) is 0 Å². The van der Waals surface area contributed by atoms with E-state index < -0.39 is 18.1 Å². The lowest BCUT2D eigenvalue weighted by molar-refractivity contribution is -0.137. The van der Waals surface area contributed by atoms with Crippen molar-refractivity contribution in [3.63, 3.8) is 0 Å². The normalized spacial score (nSPS) is 13.0. The first-order chi connectivity index (χ1) is 15.6. The minimum Gasteiger partial charge on any atom is -0.494 e. The molecule has 0 saturated heterocycles. The Labute approximate surface area is 186 Å². The number of carboxylic acids is 1. The summed E-state index contributed by atoms with van der Waals surface area (Å²) in [5.41, 5.74) is 5.21. The average Bonchev–Trinajstić information content (AvgIpc) is 3.11. The highest BCUT2D eigenvalue weighted by Crippen LogP contribution is 2.44. The van der Waals surface area contributed by atoms with E-state index in [9.17, 15) is 14.7 Å². The van der Waals surface area contributed by atoms with E-state index in [0.717, 1.165) is 22.3 Å². The van der Waals surface area contributed by atoms with Crippen LogP contribution < -0.4 is 10.1 Å². The second-order valence-electron chi connectivity index (χ2n) is 7.62. The average molecular weight is 431 g/mol. The Hall–Kier alpha value is -3.80. The zero-order valence-corrected chi connectivity index (χ0v) is 17.8. The summed E-state index contributed by atoms with van der Waals surface area (Å²) in [5, 5.41) is 12.0. The molecule has 1 aliphatic carbocycles. The summed E-state index contributed by atoms with van der Waals surface area (Å²) in [6.07, 6.45) is -0.898. The standard InChI is InChI=1S/C26H25NO5/c1-2-31-18-13-11-17(12-14-18)24(15-25(28)29)27-26(30)32-16-23-21-9-5-3-7-19(21)20-8-4-6-10-22(20)23/h3-14,23-24H,2,15-16H2,1H3,(H,27,30)(H,28,29)/t24-/m0/s1. The number of rotatable bonds is 8. The van der Waals surface area contributed by atoms with Crippen molar-refractivity contribution in [3.8, 4) is 16.9 Å². The Morgan fingerprint density at radius 2 is 1.53 bits per heavy atom. The summed E-state index contributed by atoms with van der Waals surface area (Å²) in [4.78, 5) is 24.0. The topological polar surface area (TPSA) is 84.9 Å². The number of carbonyl (C=O) groups is 2. The predicted octanol–water partition coefficient (Wildman–Crippen LogP) is 5.14. The van der Waals surface area contributed by atoms with E-state index in [-0.39, 0.29) is 18.9 Å². The molecule has 6 nitrogen and oxygen atoms in total. The van der Waals surface area contributed by atoms with Crippen molar-refractivity contribution in [2.24, 2.45) is 0 Å². The Morgan fingerprint density at radius 1 is 0.938 bits per heavy atom. The van der Waals surface area contributed by atoms with Gasteiger partial charge in [-0.2, -0.15) is 0 Å². The fourth-order valence-corrected chi connectivity index (χ4v) is 4.17. The number of nitrogens with one attached hydrogen (secondary N) is 1. The monoisotopic (exact) mass is 431 g/mol. The third kappa shape index (κ3) is 4.59. The first kappa shape index (κ1) is 21.4. The molecule has 4 rings (SSSR count). The molecule has 32 heavy (non-hydrogen) atoms. The first-order valence-electron chi connectivity index (χ1n) is 10.6. The van der Waals surface area contributed by atoms with E-state index in [1.807, 2.05) is 31.2 Å². The summed E-state index contributed by atoms with van der Waals surface area (Å²) in [6, 6.07) is 22.5. The van der Waals surface area contributed by atoms with Crippen LogP contribution in [0.4, 0.5) is 4.79 Å². The van der Waals surface area contributed by atoms with Crippen LogP contribution >= 0.6 is 0 Å². The Kier molecular flexibility index (Phi) is 6.40. The molecule has 0 spiro atoms. The largest absolute Gasteiger partial charge is 0.494 e. The smallest absolute Gasteiger partial charge is 0.407 e. The van der Waals surface area contributed by atoms with E-state index in [1.54, 1.807) is 24.3 Å². The van der Waals surface area contributed by atoms with Crippen LogP contribution in [0.3, 0.4) is 0 Å². The van der Waals surface area contributed by atoms with E-state index >= 15 is 0 Å². The van der Waals surface area contributed by atoms with Crippen LogP contribution in [0.15, 0.2) is 72.8 Å². The van der Waals surface area contributed by atoms with Crippen molar-refractivity contribution in [2.75, 3.05) is 13.2 Å². The Morgan fingerprint density at radius 3 is 2.09 bits per heavy atom. The molecular formula is C26H25NO5. The second-order valence-corrected chi connectivity index (χ2v) is 7.62. The number of carboxylic acid groups (broad SMARTS) is 1. The fraction of sp³-hybridized carbons (Fsp3) is 0.231. The first-order valence-corrected chi connectivity index (χ1v) is 10.6. The summed E-state index contributed by atoms with van der Waals surface area (Å²) in [5.74, 6) is -0.383. The molecule has 1 aliphatic rings. The van der Waals surface area contributed by atoms with Gasteiger partial charge in [-0.3, -0.25) is 4.79 Å². The van der Waals surface area contributed by atoms with E-state index in [4.69, 9.17) is 9.47 Å². The van der Waals surface area contributed by atoms with Crippen LogP contribution in [-0.2, 0) is 9.53 Å². The van der Waals surface area contributed by atoms with E-state index in [2.05, 4.69) is 29.6 Å². The predicted molar refractivity (Wildman–Crippen MR) is 121 cm³/mol. The van der Waals surface area contributed by atoms with Gasteiger partial charge in [0, 0.05) is 5.92 Å². The van der Waals surface area contributed by atoms with E-state index in [1.165, 1.54) is 0 Å². The van der Waals surface area contributed by atoms with Crippen molar-refractivity contribution in [1.82, 2.24) is 5.32 Å². The summed E-state index contributed by atoms with van der Waals surface area (Å²) in [6.45, 7) is 2.60. The summed E-state index contributed by atoms with van der Waals surface area (Å²) >= 11 is 0. The number of benzene rings is 3. The van der Waals surface area contributed by atoms with Gasteiger partial charge in [0.2, 0.25) is 0 Å². The third-order valence-electron chi connectivity index (χ3n) is 5.61. The van der Waals surface area contributed by atoms with Crippen molar-refractivity contribution in [2.45, 2.75) is 25.3 Å². The van der Waals surface area contributed by atoms with Gasteiger partial charge in [-0.05, 0) is 46.9 Å². The lowest BCUT2D eigenvalue weighted by Crippen LogP contribution is -2.31. The van der Waals surface area contributed by atoms with Crippen molar-refractivity contribution >= 4 is 12.1 Å². The number of ether oxygens (including phenoxy) is 2. The number of carbonyl (C=O) groups excluding carboxylic acids is 1. The van der Waals surface area contributed by atoms with E-state index in [0.29, 0.717) is 17.9 Å². The molecule has 0 fully saturated rings. The lowest BCUT2D eigenvalue weighted by Gasteiger charge is -2.19. The molecule has 0 aromatic heterocycles. The molecule has 1 atom stereocenters. The molecule has 164 valence electrons. The highest BCUT2D eigenvalue weighted by molar-refractivity contribution is 5.79. The van der Waals surface area contributed by atoms with Crippen LogP contribution in [0, 0.1) is 0 Å². The van der Waals surface area contributed by atoms with Crippen LogP contribution in [0.25, 0.3) is 11.1 Å². The number of amides is 1. The number of fused-ring (bicyclic) bond motifs is 3. The second kappa shape index (κ2) is 9.56. The van der Waals surface area contributed by atoms with Gasteiger partial charge in [-0.25, -0.2) is 4.79 Å². The van der Waals surface area contributed by atoms with Gasteiger partial charge in [0.05, 0.1) is 19.1 Å². The minimum absolute atomic E-state index is 0.0588. The van der Waals surface area contributed by atoms with Gasteiger partial charge < -0.3 is 19.9 Å². The molecule has 0 aliphatic heterocycles. The van der Waals surface area contributed by atoms with Gasteiger partial charge in [0.25, 0.3) is 0 Å². The summed E-state index contributed by atoms with van der Waals surface area (Å²) in [7, 11) is 0. The lowest BCUT2D eigenvalue weighted by atomic mass is 9.98. The molecule has 0 unspecified atom stereocenters. The highest BCUT2D eigenvalue weighted by atomic mass is 16.5. The molecule has 3 aromatic carbocycles. The van der Waals surface area contributed by atoms with Crippen LogP contribution in [0.1, 0.15) is 42.0 Å². The number of alkyl carbamates (subject to hydrolysis) is 1. The van der Waals surface area contributed by atoms with Gasteiger partial charge in [-0.1, -0.05) is 60.7 Å².